The molecule has 1 atom stereocenters. The van der Waals surface area contributed by atoms with E-state index in [1.165, 1.54) is 38.5 Å². The summed E-state index contributed by atoms with van der Waals surface area (Å²) in [4.78, 5) is 0. The quantitative estimate of drug-likeness (QED) is 0.535. The highest BCUT2D eigenvalue weighted by Crippen LogP contribution is 2.07. The van der Waals surface area contributed by atoms with Crippen LogP contribution in [0.5, 0.6) is 0 Å². The van der Waals surface area contributed by atoms with Crippen molar-refractivity contribution in [3.63, 3.8) is 0 Å². The minimum atomic E-state index is 0.350. The van der Waals surface area contributed by atoms with Crippen molar-refractivity contribution >= 4 is 0 Å². The van der Waals surface area contributed by atoms with Crippen LogP contribution in [-0.4, -0.2) is 19.3 Å². The molecular weight excluding hydrogens is 186 g/mol. The molecule has 0 radical (unpaired) electrons. The predicted molar refractivity (Wildman–Crippen MR) is 67.1 cm³/mol. The molecule has 0 heterocycles. The molecule has 1 unspecified atom stereocenters. The molecule has 2 heteroatoms. The lowest BCUT2D eigenvalue weighted by Gasteiger charge is -2.11. The molecule has 0 saturated carbocycles. The molecule has 2 nitrogen and oxygen atoms in total. The van der Waals surface area contributed by atoms with Crippen LogP contribution in [0.15, 0.2) is 0 Å². The van der Waals surface area contributed by atoms with Crippen molar-refractivity contribution in [1.82, 2.24) is 0 Å². The van der Waals surface area contributed by atoms with E-state index in [2.05, 4.69) is 13.8 Å². The molecule has 92 valence electrons. The molecule has 2 N–H and O–H groups in total. The molecule has 0 aliphatic carbocycles. The molecule has 0 aromatic carbocycles. The molecule has 15 heavy (non-hydrogen) atoms. The molecule has 0 aromatic rings. The van der Waals surface area contributed by atoms with Gasteiger partial charge < -0.3 is 10.5 Å². The molecule has 0 aliphatic rings. The van der Waals surface area contributed by atoms with E-state index < -0.39 is 0 Å². The van der Waals surface area contributed by atoms with Gasteiger partial charge in [0.1, 0.15) is 0 Å². The summed E-state index contributed by atoms with van der Waals surface area (Å²) in [6, 6.07) is 0.350. The van der Waals surface area contributed by atoms with E-state index in [1.54, 1.807) is 0 Å². The Morgan fingerprint density at radius 3 is 2.27 bits per heavy atom. The van der Waals surface area contributed by atoms with Gasteiger partial charge in [0.15, 0.2) is 0 Å². The fourth-order valence-corrected chi connectivity index (χ4v) is 1.64. The summed E-state index contributed by atoms with van der Waals surface area (Å²) >= 11 is 0. The first kappa shape index (κ1) is 14.9. The number of hydrogen-bond donors (Lipinski definition) is 1. The summed E-state index contributed by atoms with van der Waals surface area (Å²) in [5.41, 5.74) is 5.99. The van der Waals surface area contributed by atoms with E-state index in [9.17, 15) is 0 Å². The Balaban J connectivity index is 3.08. The van der Waals surface area contributed by atoms with Crippen LogP contribution in [0.3, 0.4) is 0 Å². The number of ether oxygens (including phenoxy) is 1. The van der Waals surface area contributed by atoms with Crippen LogP contribution in [0.1, 0.15) is 65.2 Å². The van der Waals surface area contributed by atoms with E-state index in [0.717, 1.165) is 26.1 Å². The SMILES string of the molecule is CCCCCCCC(N)CCOCCC. The Kier molecular flexibility index (Phi) is 11.9. The van der Waals surface area contributed by atoms with Crippen LogP contribution >= 0.6 is 0 Å². The zero-order valence-corrected chi connectivity index (χ0v) is 10.6. The third-order valence-corrected chi connectivity index (χ3v) is 2.66. The molecule has 0 aliphatic heterocycles. The number of nitrogens with two attached hydrogens (primary N) is 1. The zero-order valence-electron chi connectivity index (χ0n) is 10.6. The molecule has 0 bridgehead atoms. The summed E-state index contributed by atoms with van der Waals surface area (Å²) in [5, 5.41) is 0. The average Bonchev–Trinajstić information content (AvgIpc) is 2.24. The van der Waals surface area contributed by atoms with Gasteiger partial charge in [0.05, 0.1) is 0 Å². The number of hydrogen-bond acceptors (Lipinski definition) is 2. The second-order valence-electron chi connectivity index (χ2n) is 4.36. The fraction of sp³-hybridized carbons (Fsp3) is 1.00. The fourth-order valence-electron chi connectivity index (χ4n) is 1.64. The lowest BCUT2D eigenvalue weighted by Crippen LogP contribution is -2.21. The molecule has 0 amide bonds. The maximum absolute atomic E-state index is 5.99. The number of rotatable bonds is 11. The van der Waals surface area contributed by atoms with E-state index in [0.29, 0.717) is 6.04 Å². The van der Waals surface area contributed by atoms with Crippen LogP contribution < -0.4 is 5.73 Å². The van der Waals surface area contributed by atoms with Gasteiger partial charge in [-0.3, -0.25) is 0 Å². The Bertz CT molecular complexity index is 117. The van der Waals surface area contributed by atoms with E-state index in [1.807, 2.05) is 0 Å². The summed E-state index contributed by atoms with van der Waals surface area (Å²) in [6.07, 6.45) is 9.98. The van der Waals surface area contributed by atoms with Crippen LogP contribution in [0.25, 0.3) is 0 Å². The van der Waals surface area contributed by atoms with Gasteiger partial charge in [0.25, 0.3) is 0 Å². The van der Waals surface area contributed by atoms with Crippen LogP contribution in [0.4, 0.5) is 0 Å². The van der Waals surface area contributed by atoms with Gasteiger partial charge in [-0.25, -0.2) is 0 Å². The molecule has 0 saturated heterocycles. The maximum Gasteiger partial charge on any atom is 0.0480 e. The van der Waals surface area contributed by atoms with Crippen LogP contribution in [0, 0.1) is 0 Å². The lowest BCUT2D eigenvalue weighted by molar-refractivity contribution is 0.127. The van der Waals surface area contributed by atoms with Crippen molar-refractivity contribution in [3.8, 4) is 0 Å². The largest absolute Gasteiger partial charge is 0.381 e. The second-order valence-corrected chi connectivity index (χ2v) is 4.36. The minimum Gasteiger partial charge on any atom is -0.381 e. The standard InChI is InChI=1S/C13H29NO/c1-3-5-6-7-8-9-13(14)10-12-15-11-4-2/h13H,3-12,14H2,1-2H3. The third kappa shape index (κ3) is 11.8. The Morgan fingerprint density at radius 1 is 0.867 bits per heavy atom. The highest BCUT2D eigenvalue weighted by atomic mass is 16.5. The zero-order chi connectivity index (χ0) is 11.4. The summed E-state index contributed by atoms with van der Waals surface area (Å²) in [6.45, 7) is 6.09. The van der Waals surface area contributed by atoms with Crippen molar-refractivity contribution in [2.24, 2.45) is 5.73 Å². The van der Waals surface area contributed by atoms with Gasteiger partial charge in [-0.1, -0.05) is 46.0 Å². The van der Waals surface area contributed by atoms with Gasteiger partial charge in [0.2, 0.25) is 0 Å². The molecule has 0 rings (SSSR count). The second kappa shape index (κ2) is 12.0. The van der Waals surface area contributed by atoms with Crippen molar-refractivity contribution < 1.29 is 4.74 Å². The van der Waals surface area contributed by atoms with Gasteiger partial charge in [0, 0.05) is 19.3 Å². The summed E-state index contributed by atoms with van der Waals surface area (Å²) in [5.74, 6) is 0. The Labute approximate surface area is 95.6 Å². The topological polar surface area (TPSA) is 35.2 Å². The first-order valence-electron chi connectivity index (χ1n) is 6.64. The number of unbranched alkanes of at least 4 members (excludes halogenated alkanes) is 4. The van der Waals surface area contributed by atoms with Gasteiger partial charge in [-0.2, -0.15) is 0 Å². The smallest absolute Gasteiger partial charge is 0.0480 e. The normalized spacial score (nSPS) is 13.0. The van der Waals surface area contributed by atoms with Crippen molar-refractivity contribution in [2.45, 2.75) is 71.3 Å². The Hall–Kier alpha value is -0.0800. The summed E-state index contributed by atoms with van der Waals surface area (Å²) < 4.78 is 5.42. The lowest BCUT2D eigenvalue weighted by atomic mass is 10.1. The highest BCUT2D eigenvalue weighted by molar-refractivity contribution is 4.60. The van der Waals surface area contributed by atoms with Gasteiger partial charge in [-0.15, -0.1) is 0 Å². The molecular formula is C13H29NO. The van der Waals surface area contributed by atoms with Gasteiger partial charge in [-0.05, 0) is 19.3 Å². The van der Waals surface area contributed by atoms with Gasteiger partial charge >= 0.3 is 0 Å². The first-order valence-corrected chi connectivity index (χ1v) is 6.64. The van der Waals surface area contributed by atoms with E-state index in [4.69, 9.17) is 10.5 Å². The molecule has 0 spiro atoms. The third-order valence-electron chi connectivity index (χ3n) is 2.66. The highest BCUT2D eigenvalue weighted by Gasteiger charge is 2.01. The molecule has 0 fully saturated rings. The van der Waals surface area contributed by atoms with Crippen molar-refractivity contribution in [2.75, 3.05) is 13.2 Å². The van der Waals surface area contributed by atoms with Crippen LogP contribution in [-0.2, 0) is 4.74 Å². The van der Waals surface area contributed by atoms with E-state index in [-0.39, 0.29) is 0 Å². The van der Waals surface area contributed by atoms with E-state index >= 15 is 0 Å². The Morgan fingerprint density at radius 2 is 1.60 bits per heavy atom. The maximum atomic E-state index is 5.99. The minimum absolute atomic E-state index is 0.350. The monoisotopic (exact) mass is 215 g/mol. The van der Waals surface area contributed by atoms with Crippen molar-refractivity contribution in [1.29, 1.82) is 0 Å². The average molecular weight is 215 g/mol. The van der Waals surface area contributed by atoms with Crippen molar-refractivity contribution in [3.05, 3.63) is 0 Å². The van der Waals surface area contributed by atoms with Crippen LogP contribution in [0.2, 0.25) is 0 Å². The summed E-state index contributed by atoms with van der Waals surface area (Å²) in [7, 11) is 0. The predicted octanol–water partition coefficient (Wildman–Crippen LogP) is 3.49. The molecule has 0 aromatic heterocycles. The first-order chi connectivity index (χ1) is 7.31.